The lowest BCUT2D eigenvalue weighted by Crippen LogP contribution is -2.28. The molecule has 0 saturated carbocycles. The molecule has 0 heterocycles. The summed E-state index contributed by atoms with van der Waals surface area (Å²) in [6, 6.07) is 101. The number of rotatable bonds is 9. The average Bonchev–Trinajstić information content (AvgIpc) is 3.88. The van der Waals surface area contributed by atoms with E-state index in [0.29, 0.717) is 0 Å². The summed E-state index contributed by atoms with van der Waals surface area (Å²) in [6.45, 7) is 4.79. The van der Waals surface area contributed by atoms with Crippen LogP contribution in [0.3, 0.4) is 0 Å². The van der Waals surface area contributed by atoms with Gasteiger partial charge in [-0.15, -0.1) is 0 Å². The van der Waals surface area contributed by atoms with Crippen molar-refractivity contribution in [3.05, 3.63) is 306 Å². The lowest BCUT2D eigenvalue weighted by Gasteiger charge is -2.36. The van der Waals surface area contributed by atoms with E-state index < -0.39 is 5.41 Å². The van der Waals surface area contributed by atoms with Crippen molar-refractivity contribution >= 4 is 17.1 Å². The molecule has 71 heavy (non-hydrogen) atoms. The van der Waals surface area contributed by atoms with Crippen LogP contribution in [-0.2, 0) is 10.8 Å². The zero-order valence-electron chi connectivity index (χ0n) is 39.9. The van der Waals surface area contributed by atoms with Crippen molar-refractivity contribution in [1.82, 2.24) is 0 Å². The molecule has 13 rings (SSSR count). The average molecular weight is 906 g/mol. The molecule has 0 fully saturated rings. The van der Waals surface area contributed by atoms with Crippen molar-refractivity contribution in [2.45, 2.75) is 24.7 Å². The first-order valence-electron chi connectivity index (χ1n) is 24.8. The van der Waals surface area contributed by atoms with E-state index >= 15 is 0 Å². The van der Waals surface area contributed by atoms with Crippen LogP contribution in [0.15, 0.2) is 273 Å². The van der Waals surface area contributed by atoms with Crippen LogP contribution in [0.4, 0.5) is 17.1 Å². The molecule has 0 unspecified atom stereocenters. The first kappa shape index (κ1) is 42.3. The number of hydrogen-bond acceptors (Lipinski definition) is 1. The molecule has 0 spiro atoms. The monoisotopic (exact) mass is 905 g/mol. The topological polar surface area (TPSA) is 3.24 Å². The van der Waals surface area contributed by atoms with Crippen molar-refractivity contribution in [3.8, 4) is 66.8 Å². The summed E-state index contributed by atoms with van der Waals surface area (Å²) >= 11 is 0. The Balaban J connectivity index is 1.15. The highest BCUT2D eigenvalue weighted by atomic mass is 15.1. The van der Waals surface area contributed by atoms with E-state index in [4.69, 9.17) is 0 Å². The summed E-state index contributed by atoms with van der Waals surface area (Å²) in [5, 5.41) is 0. The smallest absolute Gasteiger partial charge is 0.0714 e. The Morgan fingerprint density at radius 2 is 0.704 bits per heavy atom. The van der Waals surface area contributed by atoms with Crippen molar-refractivity contribution in [3.63, 3.8) is 0 Å². The number of para-hydroxylation sites is 1. The Morgan fingerprint density at radius 1 is 0.282 bits per heavy atom. The van der Waals surface area contributed by atoms with Crippen LogP contribution in [0.5, 0.6) is 0 Å². The Morgan fingerprint density at radius 3 is 1.35 bits per heavy atom. The maximum atomic E-state index is 2.58. The van der Waals surface area contributed by atoms with Crippen molar-refractivity contribution in [1.29, 1.82) is 0 Å². The molecular weight excluding hydrogens is 855 g/mol. The first-order valence-corrected chi connectivity index (χ1v) is 24.8. The Labute approximate surface area is 417 Å². The van der Waals surface area contributed by atoms with Gasteiger partial charge >= 0.3 is 0 Å². The molecule has 0 aliphatic heterocycles. The van der Waals surface area contributed by atoms with Gasteiger partial charge in [0, 0.05) is 22.2 Å². The predicted molar refractivity (Wildman–Crippen MR) is 298 cm³/mol. The van der Waals surface area contributed by atoms with Crippen molar-refractivity contribution < 1.29 is 0 Å². The molecular formula is C70H51N. The van der Waals surface area contributed by atoms with Gasteiger partial charge in [-0.25, -0.2) is 0 Å². The van der Waals surface area contributed by atoms with Crippen LogP contribution >= 0.6 is 0 Å². The van der Waals surface area contributed by atoms with Crippen LogP contribution < -0.4 is 4.90 Å². The van der Waals surface area contributed by atoms with Crippen LogP contribution in [0, 0.1) is 0 Å². The summed E-state index contributed by atoms with van der Waals surface area (Å²) < 4.78 is 0. The van der Waals surface area contributed by atoms with Gasteiger partial charge in [-0.3, -0.25) is 0 Å². The highest BCUT2D eigenvalue weighted by Gasteiger charge is 2.46. The number of hydrogen-bond donors (Lipinski definition) is 0. The van der Waals surface area contributed by atoms with Gasteiger partial charge in [0.1, 0.15) is 0 Å². The van der Waals surface area contributed by atoms with E-state index in [0.717, 1.165) is 22.6 Å². The molecule has 0 N–H and O–H groups in total. The quantitative estimate of drug-likeness (QED) is 0.139. The van der Waals surface area contributed by atoms with Gasteiger partial charge in [-0.1, -0.05) is 263 Å². The summed E-state index contributed by atoms with van der Waals surface area (Å²) in [4.78, 5) is 2.58. The Kier molecular flexibility index (Phi) is 10.1. The summed E-state index contributed by atoms with van der Waals surface area (Å²) in [5.74, 6) is 0. The molecule has 0 aromatic heterocycles. The standard InChI is InChI=1S/C70H51N/c1-69(2)62-41-20-17-35-56(62)60-39-23-40-61(68(60)69)58-36-19-22-43-65(58)71(66-44-24-38-54(49-27-9-4-10-28-49)67(66)59-37-16-15-33-53(59)48-25-7-3-8-26-48)52-45-46-57-55-34-18-21-42-63(55)70(64(57)47-52,50-29-11-5-12-30-50)51-31-13-6-14-32-51/h3-47H,1-2H3. The molecule has 0 radical (unpaired) electrons. The van der Waals surface area contributed by atoms with Crippen molar-refractivity contribution in [2.24, 2.45) is 0 Å². The minimum absolute atomic E-state index is 0.224. The summed E-state index contributed by atoms with van der Waals surface area (Å²) in [5.41, 5.74) is 24.8. The summed E-state index contributed by atoms with van der Waals surface area (Å²) in [6.07, 6.45) is 0. The lowest BCUT2D eigenvalue weighted by atomic mass is 9.67. The largest absolute Gasteiger partial charge is 0.309 e. The molecule has 11 aromatic carbocycles. The Bertz CT molecular complexity index is 3740. The van der Waals surface area contributed by atoms with E-state index in [-0.39, 0.29) is 5.41 Å². The van der Waals surface area contributed by atoms with E-state index in [1.807, 2.05) is 0 Å². The molecule has 0 bridgehead atoms. The minimum atomic E-state index is -0.583. The second kappa shape index (κ2) is 17.0. The van der Waals surface area contributed by atoms with E-state index in [9.17, 15) is 0 Å². The lowest BCUT2D eigenvalue weighted by molar-refractivity contribution is 0.662. The highest BCUT2D eigenvalue weighted by Crippen LogP contribution is 2.59. The van der Waals surface area contributed by atoms with E-state index in [1.165, 1.54) is 94.6 Å². The van der Waals surface area contributed by atoms with Crippen LogP contribution in [0.2, 0.25) is 0 Å². The fourth-order valence-electron chi connectivity index (χ4n) is 12.4. The highest BCUT2D eigenvalue weighted by molar-refractivity contribution is 6.04. The fraction of sp³-hybridized carbons (Fsp3) is 0.0571. The molecule has 2 aliphatic carbocycles. The van der Waals surface area contributed by atoms with Crippen molar-refractivity contribution in [2.75, 3.05) is 4.90 Å². The number of benzene rings is 11. The fourth-order valence-corrected chi connectivity index (χ4v) is 12.4. The van der Waals surface area contributed by atoms with Gasteiger partial charge < -0.3 is 4.90 Å². The first-order chi connectivity index (χ1) is 35.0. The van der Waals surface area contributed by atoms with Gasteiger partial charge in [0.2, 0.25) is 0 Å². The van der Waals surface area contributed by atoms with Crippen LogP contribution in [-0.4, -0.2) is 0 Å². The third-order valence-electron chi connectivity index (χ3n) is 15.4. The molecule has 0 atom stereocenters. The van der Waals surface area contributed by atoms with Crippen LogP contribution in [0.1, 0.15) is 47.2 Å². The third kappa shape index (κ3) is 6.61. The predicted octanol–water partition coefficient (Wildman–Crippen LogP) is 18.5. The maximum absolute atomic E-state index is 2.58. The third-order valence-corrected chi connectivity index (χ3v) is 15.4. The molecule has 1 nitrogen and oxygen atoms in total. The second-order valence-electron chi connectivity index (χ2n) is 19.5. The van der Waals surface area contributed by atoms with Gasteiger partial charge in [-0.2, -0.15) is 0 Å². The molecule has 1 heteroatoms. The normalized spacial score (nSPS) is 13.4. The Hall–Kier alpha value is -8.78. The number of nitrogens with zero attached hydrogens (tertiary/aromatic N) is 1. The number of anilines is 3. The molecule has 2 aliphatic rings. The van der Waals surface area contributed by atoms with Gasteiger partial charge in [-0.05, 0) is 113 Å². The molecule has 0 saturated heterocycles. The zero-order chi connectivity index (χ0) is 47.5. The molecule has 0 amide bonds. The maximum Gasteiger partial charge on any atom is 0.0714 e. The SMILES string of the molecule is CC1(C)c2ccccc2-c2cccc(-c3ccccc3N(c3ccc4c(c3)C(c3ccccc3)(c3ccccc3)c3ccccc3-4)c3cccc(-c4ccccc4)c3-c3ccccc3-c3ccccc3)c21. The number of fused-ring (bicyclic) bond motifs is 6. The minimum Gasteiger partial charge on any atom is -0.309 e. The molecule has 336 valence electrons. The second-order valence-corrected chi connectivity index (χ2v) is 19.5. The van der Waals surface area contributed by atoms with E-state index in [1.54, 1.807) is 0 Å². The van der Waals surface area contributed by atoms with Gasteiger partial charge in [0.15, 0.2) is 0 Å². The van der Waals surface area contributed by atoms with Crippen LogP contribution in [0.25, 0.3) is 66.8 Å². The van der Waals surface area contributed by atoms with E-state index in [2.05, 4.69) is 292 Å². The summed E-state index contributed by atoms with van der Waals surface area (Å²) in [7, 11) is 0. The zero-order valence-corrected chi connectivity index (χ0v) is 39.9. The molecule has 11 aromatic rings. The van der Waals surface area contributed by atoms with Gasteiger partial charge in [0.25, 0.3) is 0 Å². The van der Waals surface area contributed by atoms with Gasteiger partial charge in [0.05, 0.1) is 16.8 Å².